The number of nitrogens with two attached hydrogens (primary N) is 1. The first kappa shape index (κ1) is 15.4. The first-order valence-electron chi connectivity index (χ1n) is 7.42. The molecule has 2 rings (SSSR count). The second kappa shape index (κ2) is 7.11. The fourth-order valence-corrected chi connectivity index (χ4v) is 2.85. The van der Waals surface area contributed by atoms with E-state index in [1.54, 1.807) is 0 Å². The molecule has 1 aliphatic carbocycles. The van der Waals surface area contributed by atoms with E-state index in [-0.39, 0.29) is 23.7 Å². The number of hydrogen-bond acceptors (Lipinski definition) is 3. The summed E-state index contributed by atoms with van der Waals surface area (Å²) in [5.41, 5.74) is 8.05. The largest absolute Gasteiger partial charge is 0.409 e. The maximum Gasteiger partial charge on any atom is 0.220 e. The van der Waals surface area contributed by atoms with E-state index >= 15 is 0 Å². The zero-order chi connectivity index (χ0) is 15.2. The fraction of sp³-hybridized carbons (Fsp3) is 0.500. The highest BCUT2D eigenvalue weighted by Gasteiger charge is 2.31. The summed E-state index contributed by atoms with van der Waals surface area (Å²) in [5.74, 6) is 0.202. The molecule has 5 heteroatoms. The molecule has 1 aromatic carbocycles. The summed E-state index contributed by atoms with van der Waals surface area (Å²) >= 11 is 0. The quantitative estimate of drug-likeness (QED) is 0.335. The number of oxime groups is 1. The predicted molar refractivity (Wildman–Crippen MR) is 82.2 cm³/mol. The van der Waals surface area contributed by atoms with Crippen LogP contribution in [0.25, 0.3) is 0 Å². The maximum absolute atomic E-state index is 12.0. The highest BCUT2D eigenvalue weighted by atomic mass is 16.4. The summed E-state index contributed by atoms with van der Waals surface area (Å²) < 4.78 is 0. The van der Waals surface area contributed by atoms with Gasteiger partial charge in [0.05, 0.1) is 0 Å². The summed E-state index contributed by atoms with van der Waals surface area (Å²) in [6.45, 7) is 2.05. The Morgan fingerprint density at radius 3 is 2.76 bits per heavy atom. The Kier molecular flexibility index (Phi) is 5.20. The van der Waals surface area contributed by atoms with E-state index < -0.39 is 0 Å². The molecule has 0 radical (unpaired) electrons. The highest BCUT2D eigenvalue weighted by molar-refractivity contribution is 5.84. The van der Waals surface area contributed by atoms with Crippen molar-refractivity contribution in [1.82, 2.24) is 5.32 Å². The molecule has 0 aromatic heterocycles. The van der Waals surface area contributed by atoms with E-state index in [2.05, 4.69) is 34.7 Å². The molecule has 21 heavy (non-hydrogen) atoms. The summed E-state index contributed by atoms with van der Waals surface area (Å²) in [7, 11) is 0. The molecule has 4 N–H and O–H groups in total. The van der Waals surface area contributed by atoms with Crippen molar-refractivity contribution in [3.63, 3.8) is 0 Å². The van der Waals surface area contributed by atoms with Gasteiger partial charge in [0, 0.05) is 18.4 Å². The number of nitrogens with zero attached hydrogens (tertiary/aromatic N) is 1. The maximum atomic E-state index is 12.0. The topological polar surface area (TPSA) is 87.7 Å². The minimum absolute atomic E-state index is 0.00795. The van der Waals surface area contributed by atoms with Gasteiger partial charge in [-0.1, -0.05) is 41.4 Å². The smallest absolute Gasteiger partial charge is 0.220 e. The first-order valence-corrected chi connectivity index (χ1v) is 7.42. The van der Waals surface area contributed by atoms with Gasteiger partial charge >= 0.3 is 0 Å². The molecule has 2 unspecified atom stereocenters. The van der Waals surface area contributed by atoms with E-state index in [0.717, 1.165) is 31.2 Å². The number of benzene rings is 1. The van der Waals surface area contributed by atoms with Crippen LogP contribution in [0.15, 0.2) is 29.4 Å². The van der Waals surface area contributed by atoms with Crippen molar-refractivity contribution in [2.75, 3.05) is 0 Å². The Balaban J connectivity index is 1.83. The van der Waals surface area contributed by atoms with Gasteiger partial charge in [0.1, 0.15) is 5.84 Å². The van der Waals surface area contributed by atoms with Crippen molar-refractivity contribution in [3.05, 3.63) is 35.4 Å². The lowest BCUT2D eigenvalue weighted by Gasteiger charge is -2.19. The minimum Gasteiger partial charge on any atom is -0.409 e. The fourth-order valence-electron chi connectivity index (χ4n) is 2.85. The summed E-state index contributed by atoms with van der Waals surface area (Å²) in [4.78, 5) is 12.0. The summed E-state index contributed by atoms with van der Waals surface area (Å²) in [5, 5.41) is 14.9. The molecule has 0 bridgehead atoms. The lowest BCUT2D eigenvalue weighted by Crippen LogP contribution is -2.42. The lowest BCUT2D eigenvalue weighted by atomic mass is 10.0. The number of carbonyl (C=O) groups is 1. The molecule has 1 fully saturated rings. The number of nitrogens with one attached hydrogen (secondary N) is 1. The second-order valence-corrected chi connectivity index (χ2v) is 5.72. The molecule has 1 amide bonds. The Morgan fingerprint density at radius 2 is 2.10 bits per heavy atom. The van der Waals surface area contributed by atoms with E-state index in [9.17, 15) is 4.79 Å². The van der Waals surface area contributed by atoms with Crippen LogP contribution in [0.3, 0.4) is 0 Å². The third-order valence-corrected chi connectivity index (χ3v) is 4.12. The number of hydrogen-bond donors (Lipinski definition) is 3. The van der Waals surface area contributed by atoms with Gasteiger partial charge in [-0.3, -0.25) is 4.79 Å². The normalized spacial score (nSPS) is 22.2. The van der Waals surface area contributed by atoms with E-state index in [1.165, 1.54) is 5.56 Å². The van der Waals surface area contributed by atoms with Crippen LogP contribution in [0.5, 0.6) is 0 Å². The Morgan fingerprint density at radius 1 is 1.38 bits per heavy atom. The number of aryl methyl sites for hydroxylation is 2. The van der Waals surface area contributed by atoms with E-state index in [1.807, 2.05) is 6.92 Å². The third kappa shape index (κ3) is 4.21. The van der Waals surface area contributed by atoms with Crippen LogP contribution in [0.1, 0.15) is 36.8 Å². The third-order valence-electron chi connectivity index (χ3n) is 4.12. The second-order valence-electron chi connectivity index (χ2n) is 5.72. The molecule has 2 atom stereocenters. The zero-order valence-electron chi connectivity index (χ0n) is 12.4. The standard InChI is InChI=1S/C16H23N3O2/c1-11-5-7-12(8-6-11)9-10-15(20)18-14-4-2-3-13(14)16(17)19-21/h5-8,13-14,21H,2-4,9-10H2,1H3,(H2,17,19)(H,18,20). The average Bonchev–Trinajstić information content (AvgIpc) is 2.94. The molecule has 1 saturated carbocycles. The molecule has 0 aliphatic heterocycles. The molecule has 1 aromatic rings. The number of rotatable bonds is 5. The van der Waals surface area contributed by atoms with Crippen molar-refractivity contribution < 1.29 is 10.0 Å². The molecule has 1 aliphatic rings. The summed E-state index contributed by atoms with van der Waals surface area (Å²) in [6.07, 6.45) is 3.93. The van der Waals surface area contributed by atoms with E-state index in [4.69, 9.17) is 10.9 Å². The van der Waals surface area contributed by atoms with Crippen molar-refractivity contribution in [1.29, 1.82) is 0 Å². The number of amides is 1. The lowest BCUT2D eigenvalue weighted by molar-refractivity contribution is -0.121. The van der Waals surface area contributed by atoms with Crippen LogP contribution in [0.2, 0.25) is 0 Å². The van der Waals surface area contributed by atoms with Crippen molar-refractivity contribution in [2.24, 2.45) is 16.8 Å². The summed E-state index contributed by atoms with van der Waals surface area (Å²) in [6, 6.07) is 8.21. The molecule has 0 spiro atoms. The van der Waals surface area contributed by atoms with Gasteiger partial charge in [-0.25, -0.2) is 0 Å². The van der Waals surface area contributed by atoms with Crippen LogP contribution in [0, 0.1) is 12.8 Å². The van der Waals surface area contributed by atoms with Gasteiger partial charge in [-0.15, -0.1) is 0 Å². The molecule has 0 saturated heterocycles. The van der Waals surface area contributed by atoms with Crippen LogP contribution < -0.4 is 11.1 Å². The van der Waals surface area contributed by atoms with E-state index in [0.29, 0.717) is 6.42 Å². The van der Waals surface area contributed by atoms with Crippen LogP contribution in [-0.4, -0.2) is 23.0 Å². The van der Waals surface area contributed by atoms with Gasteiger partial charge in [-0.05, 0) is 31.7 Å². The molecular formula is C16H23N3O2. The van der Waals surface area contributed by atoms with Gasteiger partial charge < -0.3 is 16.3 Å². The van der Waals surface area contributed by atoms with Crippen molar-refractivity contribution in [2.45, 2.75) is 45.1 Å². The highest BCUT2D eigenvalue weighted by Crippen LogP contribution is 2.25. The molecule has 0 heterocycles. The molecule has 114 valence electrons. The van der Waals surface area contributed by atoms with Crippen molar-refractivity contribution in [3.8, 4) is 0 Å². The molecule has 5 nitrogen and oxygen atoms in total. The number of amidine groups is 1. The van der Waals surface area contributed by atoms with Gasteiger partial charge in [0.15, 0.2) is 0 Å². The minimum atomic E-state index is -0.0432. The average molecular weight is 289 g/mol. The van der Waals surface area contributed by atoms with Gasteiger partial charge in [0.25, 0.3) is 0 Å². The van der Waals surface area contributed by atoms with Crippen LogP contribution in [0.4, 0.5) is 0 Å². The van der Waals surface area contributed by atoms with Gasteiger partial charge in [-0.2, -0.15) is 0 Å². The van der Waals surface area contributed by atoms with Crippen LogP contribution in [-0.2, 0) is 11.2 Å². The first-order chi connectivity index (χ1) is 10.1. The Hall–Kier alpha value is -2.04. The monoisotopic (exact) mass is 289 g/mol. The molecular weight excluding hydrogens is 266 g/mol. The SMILES string of the molecule is Cc1ccc(CCC(=O)NC2CCCC2C(N)=NO)cc1. The zero-order valence-corrected chi connectivity index (χ0v) is 12.4. The van der Waals surface area contributed by atoms with Crippen molar-refractivity contribution >= 4 is 11.7 Å². The van der Waals surface area contributed by atoms with Crippen LogP contribution >= 0.6 is 0 Å². The number of carbonyl (C=O) groups excluding carboxylic acids is 1. The Labute approximate surface area is 125 Å². The predicted octanol–water partition coefficient (Wildman–Crippen LogP) is 1.96. The Bertz CT molecular complexity index is 511. The van der Waals surface area contributed by atoms with Gasteiger partial charge in [0.2, 0.25) is 5.91 Å².